The molecule has 32 heavy (non-hydrogen) atoms. The normalized spacial score (nSPS) is 12.0. The molecular formula is C23H23N5O4. The van der Waals surface area contributed by atoms with E-state index in [1.807, 2.05) is 32.0 Å². The van der Waals surface area contributed by atoms with E-state index in [0.29, 0.717) is 28.7 Å². The zero-order chi connectivity index (χ0) is 22.7. The third-order valence-electron chi connectivity index (χ3n) is 4.70. The number of rotatable bonds is 7. The molecule has 1 atom stereocenters. The molecule has 9 heteroatoms. The minimum atomic E-state index is -0.776. The molecule has 3 heterocycles. The minimum absolute atomic E-state index is 0.0356. The maximum Gasteiger partial charge on any atom is 0.266 e. The summed E-state index contributed by atoms with van der Waals surface area (Å²) in [5.41, 5.74) is 0.767. The van der Waals surface area contributed by atoms with Crippen molar-refractivity contribution >= 4 is 11.7 Å². The Labute approximate surface area is 184 Å². The molecule has 9 nitrogen and oxygen atoms in total. The average Bonchev–Trinajstić information content (AvgIpc) is 3.44. The highest BCUT2D eigenvalue weighted by Gasteiger charge is 2.21. The van der Waals surface area contributed by atoms with Crippen LogP contribution in [0.4, 0.5) is 5.82 Å². The van der Waals surface area contributed by atoms with Gasteiger partial charge in [-0.05, 0) is 37.1 Å². The lowest BCUT2D eigenvalue weighted by atomic mass is 10.1. The van der Waals surface area contributed by atoms with E-state index in [1.165, 1.54) is 17.0 Å². The summed E-state index contributed by atoms with van der Waals surface area (Å²) in [5.74, 6) is 1.24. The van der Waals surface area contributed by atoms with Crippen LogP contribution in [0.1, 0.15) is 32.4 Å². The Morgan fingerprint density at radius 1 is 1.12 bits per heavy atom. The predicted octanol–water partition coefficient (Wildman–Crippen LogP) is 3.75. The van der Waals surface area contributed by atoms with Gasteiger partial charge in [0.15, 0.2) is 11.9 Å². The van der Waals surface area contributed by atoms with Gasteiger partial charge in [-0.1, -0.05) is 32.0 Å². The fourth-order valence-corrected chi connectivity index (χ4v) is 3.02. The van der Waals surface area contributed by atoms with Crippen LogP contribution in [0.2, 0.25) is 0 Å². The van der Waals surface area contributed by atoms with E-state index in [0.717, 1.165) is 0 Å². The van der Waals surface area contributed by atoms with Crippen molar-refractivity contribution in [1.29, 1.82) is 0 Å². The Balaban J connectivity index is 1.68. The summed E-state index contributed by atoms with van der Waals surface area (Å²) in [6.07, 6.45) is 0.754. The Kier molecular flexibility index (Phi) is 5.89. The number of nitrogens with one attached hydrogen (secondary N) is 2. The van der Waals surface area contributed by atoms with Gasteiger partial charge >= 0.3 is 0 Å². The number of nitrogens with zero attached hydrogens (tertiary/aromatic N) is 3. The summed E-state index contributed by atoms with van der Waals surface area (Å²) in [4.78, 5) is 32.2. The monoisotopic (exact) mass is 433 g/mol. The Hall–Kier alpha value is -4.14. The third kappa shape index (κ3) is 4.61. The average molecular weight is 433 g/mol. The van der Waals surface area contributed by atoms with Crippen molar-refractivity contribution in [2.24, 2.45) is 0 Å². The number of amides is 1. The largest absolute Gasteiger partial charge is 0.481 e. The number of hydrogen-bond donors (Lipinski definition) is 2. The van der Waals surface area contributed by atoms with Crippen LogP contribution in [0.5, 0.6) is 5.75 Å². The van der Waals surface area contributed by atoms with Crippen LogP contribution in [0, 0.1) is 0 Å². The van der Waals surface area contributed by atoms with E-state index < -0.39 is 6.10 Å². The number of para-hydroxylation sites is 1. The lowest BCUT2D eigenvalue weighted by Gasteiger charge is -2.15. The number of furan rings is 1. The van der Waals surface area contributed by atoms with Gasteiger partial charge in [-0.25, -0.2) is 4.98 Å². The number of anilines is 1. The molecule has 2 N–H and O–H groups in total. The summed E-state index contributed by atoms with van der Waals surface area (Å²) in [6, 6.07) is 15.6. The number of ether oxygens (including phenoxy) is 1. The van der Waals surface area contributed by atoms with Crippen molar-refractivity contribution in [3.05, 3.63) is 76.9 Å². The molecule has 4 rings (SSSR count). The van der Waals surface area contributed by atoms with E-state index in [-0.39, 0.29) is 23.3 Å². The van der Waals surface area contributed by atoms with Gasteiger partial charge in [0, 0.05) is 12.1 Å². The molecule has 0 saturated carbocycles. The van der Waals surface area contributed by atoms with Crippen LogP contribution < -0.4 is 15.6 Å². The number of hydrogen-bond acceptors (Lipinski definition) is 6. The van der Waals surface area contributed by atoms with Crippen LogP contribution in [0.3, 0.4) is 0 Å². The zero-order valence-corrected chi connectivity index (χ0v) is 17.9. The summed E-state index contributed by atoms with van der Waals surface area (Å²) in [5, 5.41) is 7.31. The molecule has 0 saturated heterocycles. The highest BCUT2D eigenvalue weighted by Crippen LogP contribution is 2.25. The topological polar surface area (TPSA) is 115 Å². The summed E-state index contributed by atoms with van der Waals surface area (Å²) >= 11 is 0. The number of aromatic amines is 1. The highest BCUT2D eigenvalue weighted by molar-refractivity contribution is 5.94. The third-order valence-corrected chi connectivity index (χ3v) is 4.70. The second-order valence-electron chi connectivity index (χ2n) is 7.51. The van der Waals surface area contributed by atoms with Gasteiger partial charge in [-0.3, -0.25) is 14.6 Å². The number of benzene rings is 1. The molecule has 164 valence electrons. The Morgan fingerprint density at radius 2 is 1.91 bits per heavy atom. The molecule has 0 radical (unpaired) electrons. The fourth-order valence-electron chi connectivity index (χ4n) is 3.02. The standard InChI is InChI=1S/C23H23N5O4/c1-14(2)17-13-21(29)26-23(24-17)28-20(12-18(27-28)19-10-7-11-31-19)25-22(30)15(3)32-16-8-5-4-6-9-16/h4-15H,1-3H3,(H,25,30)(H,24,26,29)/t15-/m0/s1. The lowest BCUT2D eigenvalue weighted by Crippen LogP contribution is -2.31. The number of H-pyrrole nitrogens is 1. The molecule has 0 unspecified atom stereocenters. The Bertz CT molecular complexity index is 1260. The summed E-state index contributed by atoms with van der Waals surface area (Å²) in [7, 11) is 0. The molecule has 1 amide bonds. The summed E-state index contributed by atoms with van der Waals surface area (Å²) < 4.78 is 12.5. The van der Waals surface area contributed by atoms with Crippen LogP contribution in [0.15, 0.2) is 70.1 Å². The first-order valence-corrected chi connectivity index (χ1v) is 10.2. The van der Waals surface area contributed by atoms with Crippen molar-refractivity contribution in [3.8, 4) is 23.2 Å². The second-order valence-corrected chi connectivity index (χ2v) is 7.51. The van der Waals surface area contributed by atoms with E-state index in [4.69, 9.17) is 9.15 Å². The number of carbonyl (C=O) groups excluding carboxylic acids is 1. The number of aromatic nitrogens is 4. The molecule has 3 aromatic heterocycles. The van der Waals surface area contributed by atoms with E-state index in [2.05, 4.69) is 20.4 Å². The van der Waals surface area contributed by atoms with Gasteiger partial charge in [-0.15, -0.1) is 0 Å². The van der Waals surface area contributed by atoms with Gasteiger partial charge in [0.05, 0.1) is 12.0 Å². The van der Waals surface area contributed by atoms with Gasteiger partial charge < -0.3 is 14.5 Å². The fraction of sp³-hybridized carbons (Fsp3) is 0.217. The van der Waals surface area contributed by atoms with Crippen molar-refractivity contribution in [2.45, 2.75) is 32.8 Å². The van der Waals surface area contributed by atoms with E-state index in [9.17, 15) is 9.59 Å². The molecule has 0 fully saturated rings. The smallest absolute Gasteiger partial charge is 0.266 e. The van der Waals surface area contributed by atoms with E-state index in [1.54, 1.807) is 37.3 Å². The number of carbonyl (C=O) groups is 1. The predicted molar refractivity (Wildman–Crippen MR) is 119 cm³/mol. The molecule has 1 aromatic carbocycles. The maximum atomic E-state index is 12.8. The Morgan fingerprint density at radius 3 is 2.59 bits per heavy atom. The minimum Gasteiger partial charge on any atom is -0.481 e. The van der Waals surface area contributed by atoms with Crippen molar-refractivity contribution in [2.75, 3.05) is 5.32 Å². The van der Waals surface area contributed by atoms with Crippen molar-refractivity contribution in [1.82, 2.24) is 19.7 Å². The molecule has 0 aliphatic rings. The second kappa shape index (κ2) is 8.93. The van der Waals surface area contributed by atoms with Crippen LogP contribution in [0.25, 0.3) is 17.4 Å². The SMILES string of the molecule is CC(C)c1cc(=O)[nH]c(-n2nc(-c3ccco3)cc2NC(=O)[C@H](C)Oc2ccccc2)n1. The molecule has 0 aliphatic carbocycles. The van der Waals surface area contributed by atoms with Crippen LogP contribution >= 0.6 is 0 Å². The van der Waals surface area contributed by atoms with Crippen LogP contribution in [-0.4, -0.2) is 31.8 Å². The lowest BCUT2D eigenvalue weighted by molar-refractivity contribution is -0.122. The molecule has 0 aliphatic heterocycles. The van der Waals surface area contributed by atoms with Gasteiger partial charge in [0.25, 0.3) is 11.5 Å². The van der Waals surface area contributed by atoms with Gasteiger partial charge in [0.2, 0.25) is 5.95 Å². The molecule has 0 spiro atoms. The summed E-state index contributed by atoms with van der Waals surface area (Å²) in [6.45, 7) is 5.53. The molecular weight excluding hydrogens is 410 g/mol. The van der Waals surface area contributed by atoms with Crippen LogP contribution in [-0.2, 0) is 4.79 Å². The van der Waals surface area contributed by atoms with Crippen molar-refractivity contribution in [3.63, 3.8) is 0 Å². The quantitative estimate of drug-likeness (QED) is 0.459. The highest BCUT2D eigenvalue weighted by atomic mass is 16.5. The van der Waals surface area contributed by atoms with Gasteiger partial charge in [-0.2, -0.15) is 9.78 Å². The first-order valence-electron chi connectivity index (χ1n) is 10.2. The van der Waals surface area contributed by atoms with E-state index >= 15 is 0 Å². The first kappa shape index (κ1) is 21.1. The molecule has 0 bridgehead atoms. The molecule has 4 aromatic rings. The zero-order valence-electron chi connectivity index (χ0n) is 17.9. The maximum absolute atomic E-state index is 12.8. The first-order chi connectivity index (χ1) is 15.4. The van der Waals surface area contributed by atoms with Crippen molar-refractivity contribution < 1.29 is 13.9 Å². The van der Waals surface area contributed by atoms with Gasteiger partial charge in [0.1, 0.15) is 17.3 Å².